The first-order valence-corrected chi connectivity index (χ1v) is 9.89. The molecule has 1 heterocycles. The Labute approximate surface area is 172 Å². The molecule has 0 saturated carbocycles. The van der Waals surface area contributed by atoms with Crippen molar-refractivity contribution >= 4 is 23.0 Å². The Morgan fingerprint density at radius 2 is 1.90 bits per heavy atom. The summed E-state index contributed by atoms with van der Waals surface area (Å²) in [6.45, 7) is 6.25. The molecule has 29 heavy (non-hydrogen) atoms. The van der Waals surface area contributed by atoms with Gasteiger partial charge in [-0.05, 0) is 50.1 Å². The van der Waals surface area contributed by atoms with E-state index in [0.717, 1.165) is 28.0 Å². The average molecular weight is 401 g/mol. The molecule has 0 aliphatic heterocycles. The van der Waals surface area contributed by atoms with Crippen LogP contribution in [0.4, 0.5) is 0 Å². The Morgan fingerprint density at radius 3 is 2.59 bits per heavy atom. The number of benzene rings is 2. The highest BCUT2D eigenvalue weighted by Gasteiger charge is 2.15. The number of thiazole rings is 1. The summed E-state index contributed by atoms with van der Waals surface area (Å²) in [5.41, 5.74) is 3.16. The van der Waals surface area contributed by atoms with E-state index in [1.165, 1.54) is 4.57 Å². The van der Waals surface area contributed by atoms with Crippen molar-refractivity contribution in [3.05, 3.63) is 78.7 Å². The van der Waals surface area contributed by atoms with E-state index >= 15 is 0 Å². The van der Waals surface area contributed by atoms with Crippen molar-refractivity contribution in [1.29, 1.82) is 10.5 Å². The van der Waals surface area contributed by atoms with Crippen molar-refractivity contribution in [1.82, 2.24) is 4.57 Å². The standard InChI is InChI=1S/C23H19N3O2S/c1-4-28-20-8-6-5-7-19(20)26-22(27)21(29-23(26)18(13-24)14-25)12-17-11-15(2)9-10-16(17)3/h5-12H,4H2,1-3H3/b21-12+. The first-order valence-electron chi connectivity index (χ1n) is 9.07. The monoisotopic (exact) mass is 401 g/mol. The van der Waals surface area contributed by atoms with Gasteiger partial charge in [-0.1, -0.05) is 35.9 Å². The van der Waals surface area contributed by atoms with Crippen molar-refractivity contribution in [3.8, 4) is 23.6 Å². The van der Waals surface area contributed by atoms with Gasteiger partial charge >= 0.3 is 0 Å². The number of nitriles is 2. The van der Waals surface area contributed by atoms with Gasteiger partial charge in [0, 0.05) is 0 Å². The number of aromatic nitrogens is 1. The lowest BCUT2D eigenvalue weighted by Gasteiger charge is -2.10. The van der Waals surface area contributed by atoms with E-state index in [-0.39, 0.29) is 11.1 Å². The largest absolute Gasteiger partial charge is 0.492 e. The smallest absolute Gasteiger partial charge is 0.273 e. The molecule has 2 aromatic carbocycles. The van der Waals surface area contributed by atoms with Crippen molar-refractivity contribution in [2.75, 3.05) is 6.61 Å². The zero-order chi connectivity index (χ0) is 21.0. The van der Waals surface area contributed by atoms with Crippen LogP contribution in [0, 0.1) is 36.5 Å². The van der Waals surface area contributed by atoms with Crippen LogP contribution in [-0.2, 0) is 0 Å². The fourth-order valence-corrected chi connectivity index (χ4v) is 4.00. The van der Waals surface area contributed by atoms with Gasteiger partial charge in [0.25, 0.3) is 5.56 Å². The Morgan fingerprint density at radius 1 is 1.17 bits per heavy atom. The van der Waals surface area contributed by atoms with Crippen LogP contribution in [0.1, 0.15) is 23.6 Å². The molecule has 144 valence electrons. The molecule has 0 aliphatic rings. The van der Waals surface area contributed by atoms with Gasteiger partial charge in [0.05, 0.1) is 16.8 Å². The summed E-state index contributed by atoms with van der Waals surface area (Å²) < 4.78 is 7.81. The predicted octanol–water partition coefficient (Wildman–Crippen LogP) is 2.94. The number of aryl methyl sites for hydroxylation is 2. The Kier molecular flexibility index (Phi) is 5.97. The Balaban J connectivity index is 2.43. The van der Waals surface area contributed by atoms with Crippen molar-refractivity contribution in [3.63, 3.8) is 0 Å². The van der Waals surface area contributed by atoms with E-state index in [1.807, 2.05) is 63.3 Å². The summed E-state index contributed by atoms with van der Waals surface area (Å²) >= 11 is 1.13. The lowest BCUT2D eigenvalue weighted by atomic mass is 10.1. The highest BCUT2D eigenvalue weighted by Crippen LogP contribution is 2.20. The number of hydrogen-bond donors (Lipinski definition) is 0. The molecule has 0 atom stereocenters. The predicted molar refractivity (Wildman–Crippen MR) is 114 cm³/mol. The van der Waals surface area contributed by atoms with Gasteiger partial charge in [0.1, 0.15) is 22.6 Å². The zero-order valence-electron chi connectivity index (χ0n) is 16.4. The molecule has 3 aromatic rings. The van der Waals surface area contributed by atoms with Gasteiger partial charge in [-0.15, -0.1) is 11.3 Å². The molecule has 6 heteroatoms. The van der Waals surface area contributed by atoms with Gasteiger partial charge in [-0.3, -0.25) is 9.36 Å². The minimum absolute atomic E-state index is 0.112. The zero-order valence-corrected chi connectivity index (χ0v) is 17.2. The number of ether oxygens (including phenoxy) is 1. The topological polar surface area (TPSA) is 78.8 Å². The molecular formula is C23H19N3O2S. The van der Waals surface area contributed by atoms with Crippen LogP contribution in [0.2, 0.25) is 0 Å². The lowest BCUT2D eigenvalue weighted by molar-refractivity contribution is 0.339. The first-order chi connectivity index (χ1) is 14.0. The third-order valence-electron chi connectivity index (χ3n) is 4.39. The SMILES string of the molecule is CCOc1ccccc1-n1c(=C(C#N)C#N)s/c(=C/c2cc(C)ccc2C)c1=O. The molecule has 5 nitrogen and oxygen atoms in total. The quantitative estimate of drug-likeness (QED) is 0.673. The van der Waals surface area contributed by atoms with Crippen LogP contribution in [0.3, 0.4) is 0 Å². The highest BCUT2D eigenvalue weighted by molar-refractivity contribution is 7.07. The minimum atomic E-state index is -0.291. The van der Waals surface area contributed by atoms with Crippen LogP contribution in [0.15, 0.2) is 47.3 Å². The number of rotatable bonds is 4. The molecule has 0 bridgehead atoms. The van der Waals surface area contributed by atoms with Crippen LogP contribution in [0.5, 0.6) is 5.75 Å². The Bertz CT molecular complexity index is 1320. The van der Waals surface area contributed by atoms with E-state index in [0.29, 0.717) is 27.2 Å². The highest BCUT2D eigenvalue weighted by atomic mass is 32.1. The minimum Gasteiger partial charge on any atom is -0.492 e. The van der Waals surface area contributed by atoms with Crippen LogP contribution in [-0.4, -0.2) is 11.2 Å². The summed E-state index contributed by atoms with van der Waals surface area (Å²) in [6.07, 6.45) is 1.81. The average Bonchev–Trinajstić information content (AvgIpc) is 3.02. The van der Waals surface area contributed by atoms with E-state index in [9.17, 15) is 15.3 Å². The third-order valence-corrected chi connectivity index (χ3v) is 5.48. The maximum Gasteiger partial charge on any atom is 0.273 e. The van der Waals surface area contributed by atoms with E-state index in [4.69, 9.17) is 4.74 Å². The van der Waals surface area contributed by atoms with Crippen molar-refractivity contribution < 1.29 is 4.74 Å². The molecule has 3 rings (SSSR count). The molecule has 0 fully saturated rings. The molecule has 0 radical (unpaired) electrons. The van der Waals surface area contributed by atoms with E-state index < -0.39 is 0 Å². The van der Waals surface area contributed by atoms with E-state index in [1.54, 1.807) is 18.2 Å². The summed E-state index contributed by atoms with van der Waals surface area (Å²) in [7, 11) is 0. The van der Waals surface area contributed by atoms with Gasteiger partial charge in [0.15, 0.2) is 5.57 Å². The fraction of sp³-hybridized carbons (Fsp3) is 0.174. The summed E-state index contributed by atoms with van der Waals surface area (Å²) in [5.74, 6) is 0.518. The summed E-state index contributed by atoms with van der Waals surface area (Å²) in [5, 5.41) is 18.9. The molecule has 0 saturated heterocycles. The molecule has 1 aromatic heterocycles. The second kappa shape index (κ2) is 8.60. The first kappa shape index (κ1) is 20.1. The normalized spacial score (nSPS) is 11.0. The van der Waals surface area contributed by atoms with Crippen molar-refractivity contribution in [2.24, 2.45) is 0 Å². The molecule has 0 aliphatic carbocycles. The second-order valence-electron chi connectivity index (χ2n) is 6.42. The van der Waals surface area contributed by atoms with Gasteiger partial charge in [-0.2, -0.15) is 10.5 Å². The fourth-order valence-electron chi connectivity index (χ4n) is 2.97. The molecular weight excluding hydrogens is 382 g/mol. The number of para-hydroxylation sites is 2. The summed E-state index contributed by atoms with van der Waals surface area (Å²) in [6, 6.07) is 16.9. The molecule has 0 N–H and O–H groups in total. The van der Waals surface area contributed by atoms with Gasteiger partial charge in [0.2, 0.25) is 0 Å². The van der Waals surface area contributed by atoms with Crippen LogP contribution < -0.4 is 19.5 Å². The van der Waals surface area contributed by atoms with E-state index in [2.05, 4.69) is 0 Å². The second-order valence-corrected chi connectivity index (χ2v) is 7.45. The van der Waals surface area contributed by atoms with Crippen LogP contribution in [0.25, 0.3) is 17.3 Å². The van der Waals surface area contributed by atoms with Gasteiger partial charge < -0.3 is 4.74 Å². The number of hydrogen-bond acceptors (Lipinski definition) is 5. The maximum atomic E-state index is 13.3. The molecule has 0 unspecified atom stereocenters. The van der Waals surface area contributed by atoms with Crippen molar-refractivity contribution in [2.45, 2.75) is 20.8 Å². The molecule has 0 spiro atoms. The van der Waals surface area contributed by atoms with Crippen LogP contribution >= 0.6 is 11.3 Å². The Hall–Kier alpha value is -3.61. The van der Waals surface area contributed by atoms with Gasteiger partial charge in [-0.25, -0.2) is 0 Å². The third kappa shape index (κ3) is 3.99. The lowest BCUT2D eigenvalue weighted by Crippen LogP contribution is -2.31. The summed E-state index contributed by atoms with van der Waals surface area (Å²) in [4.78, 5) is 13.3. The molecule has 0 amide bonds. The number of nitrogens with zero attached hydrogens (tertiary/aromatic N) is 3. The maximum absolute atomic E-state index is 13.3.